The summed E-state index contributed by atoms with van der Waals surface area (Å²) in [6.45, 7) is 2.77. The minimum Gasteiger partial charge on any atom is -0.306 e. The van der Waals surface area contributed by atoms with Crippen LogP contribution < -0.4 is 0 Å². The van der Waals surface area contributed by atoms with Gasteiger partial charge in [-0.15, -0.1) is 10.2 Å². The number of hydrogen-bond donors (Lipinski definition) is 1. The molecule has 1 N–H and O–H groups in total. The molecule has 0 aliphatic carbocycles. The minimum atomic E-state index is 0.288. The first-order valence-corrected chi connectivity index (χ1v) is 13.4. The van der Waals surface area contributed by atoms with Crippen molar-refractivity contribution in [1.29, 1.82) is 0 Å². The van der Waals surface area contributed by atoms with Crippen LogP contribution in [0.5, 0.6) is 0 Å². The van der Waals surface area contributed by atoms with Gasteiger partial charge in [0.2, 0.25) is 5.28 Å². The van der Waals surface area contributed by atoms with E-state index in [9.17, 15) is 0 Å². The molecule has 0 bridgehead atoms. The second kappa shape index (κ2) is 11.0. The maximum Gasteiger partial charge on any atom is 0.242 e. The Morgan fingerprint density at radius 2 is 1.59 bits per heavy atom. The zero-order valence-corrected chi connectivity index (χ0v) is 22.3. The van der Waals surface area contributed by atoms with E-state index >= 15 is 0 Å². The molecule has 0 aliphatic rings. The van der Waals surface area contributed by atoms with E-state index in [4.69, 9.17) is 11.6 Å². The van der Waals surface area contributed by atoms with Gasteiger partial charge in [-0.1, -0.05) is 86.1 Å². The van der Waals surface area contributed by atoms with Crippen LogP contribution in [0.3, 0.4) is 0 Å². The van der Waals surface area contributed by atoms with Gasteiger partial charge in [0.05, 0.1) is 12.2 Å². The van der Waals surface area contributed by atoms with Crippen molar-refractivity contribution >= 4 is 11.6 Å². The monoisotopic (exact) mass is 534 g/mol. The van der Waals surface area contributed by atoms with Crippen LogP contribution in [0.2, 0.25) is 5.28 Å². The van der Waals surface area contributed by atoms with Crippen LogP contribution in [0, 0.1) is 0 Å². The van der Waals surface area contributed by atoms with Gasteiger partial charge in [-0.2, -0.15) is 0 Å². The Hall–Kier alpha value is -4.56. The summed E-state index contributed by atoms with van der Waals surface area (Å²) >= 11 is 6.15. The fourth-order valence-corrected chi connectivity index (χ4v) is 5.03. The second-order valence-electron chi connectivity index (χ2n) is 9.33. The predicted molar refractivity (Wildman–Crippen MR) is 153 cm³/mol. The summed E-state index contributed by atoms with van der Waals surface area (Å²) in [4.78, 5) is 4.42. The summed E-state index contributed by atoms with van der Waals surface area (Å²) in [5, 5.41) is 19.8. The molecule has 0 unspecified atom stereocenters. The number of nitrogens with zero attached hydrogens (tertiary/aromatic N) is 7. The molecule has 3 aromatic heterocycles. The van der Waals surface area contributed by atoms with Crippen molar-refractivity contribution in [3.05, 3.63) is 108 Å². The Labute approximate surface area is 231 Å². The summed E-state index contributed by atoms with van der Waals surface area (Å²) in [5.74, 6) is 1.51. The van der Waals surface area contributed by atoms with Gasteiger partial charge in [0, 0.05) is 17.7 Å². The molecular weight excluding hydrogens is 508 g/mol. The topological polar surface area (TPSA) is 90.1 Å². The highest BCUT2D eigenvalue weighted by molar-refractivity contribution is 6.28. The molecule has 0 fully saturated rings. The number of hydrogen-bond acceptors (Lipinski definition) is 5. The SMILES string of the molecule is CCCCc1nc(Cl)nn1Cc1ccc(-n2c(-c3ccccc3)cc(-c3ccccc3)c2-c2nnn[nH]2)cc1. The molecule has 6 aromatic rings. The van der Waals surface area contributed by atoms with Crippen molar-refractivity contribution in [2.24, 2.45) is 0 Å². The normalized spacial score (nSPS) is 11.2. The third-order valence-corrected chi connectivity index (χ3v) is 6.89. The molecule has 39 heavy (non-hydrogen) atoms. The van der Waals surface area contributed by atoms with E-state index in [2.05, 4.69) is 96.8 Å². The number of tetrazole rings is 1. The molecule has 0 aliphatic heterocycles. The molecule has 194 valence electrons. The lowest BCUT2D eigenvalue weighted by molar-refractivity contribution is 0.618. The lowest BCUT2D eigenvalue weighted by Crippen LogP contribution is -2.07. The van der Waals surface area contributed by atoms with E-state index in [1.807, 2.05) is 41.1 Å². The van der Waals surface area contributed by atoms with Gasteiger partial charge in [0.1, 0.15) is 11.5 Å². The molecule has 0 amide bonds. The molecule has 0 atom stereocenters. The van der Waals surface area contributed by atoms with Crippen molar-refractivity contribution in [3.8, 4) is 39.6 Å². The van der Waals surface area contributed by atoms with Gasteiger partial charge in [0.25, 0.3) is 0 Å². The van der Waals surface area contributed by atoms with Gasteiger partial charge in [-0.25, -0.2) is 14.8 Å². The first-order valence-electron chi connectivity index (χ1n) is 13.0. The Morgan fingerprint density at radius 3 is 2.26 bits per heavy atom. The minimum absolute atomic E-state index is 0.288. The molecule has 6 rings (SSSR count). The summed E-state index contributed by atoms with van der Waals surface area (Å²) in [5.41, 5.74) is 7.25. The van der Waals surface area contributed by atoms with E-state index < -0.39 is 0 Å². The number of aromatic nitrogens is 8. The van der Waals surface area contributed by atoms with Crippen LogP contribution >= 0.6 is 11.6 Å². The van der Waals surface area contributed by atoms with Crippen molar-refractivity contribution in [1.82, 2.24) is 40.0 Å². The van der Waals surface area contributed by atoms with Crippen molar-refractivity contribution < 1.29 is 0 Å². The first kappa shape index (κ1) is 24.8. The zero-order valence-electron chi connectivity index (χ0n) is 21.5. The number of halogens is 1. The van der Waals surface area contributed by atoms with E-state index in [1.54, 1.807) is 0 Å². The molecular formula is C30H27ClN8. The number of aromatic amines is 1. The molecule has 0 saturated heterocycles. The van der Waals surface area contributed by atoms with Crippen molar-refractivity contribution in [2.45, 2.75) is 32.7 Å². The third-order valence-electron chi connectivity index (χ3n) is 6.73. The lowest BCUT2D eigenvalue weighted by Gasteiger charge is -2.14. The van der Waals surface area contributed by atoms with Crippen molar-refractivity contribution in [2.75, 3.05) is 0 Å². The number of aryl methyl sites for hydroxylation is 1. The molecule has 3 heterocycles. The zero-order chi connectivity index (χ0) is 26.6. The number of unbranched alkanes of at least 4 members (excludes halogenated alkanes) is 1. The predicted octanol–water partition coefficient (Wildman–Crippen LogP) is 6.63. The average Bonchev–Trinajstić information content (AvgIpc) is 3.72. The van der Waals surface area contributed by atoms with Gasteiger partial charge in [-0.3, -0.25) is 0 Å². The Balaban J connectivity index is 1.46. The quantitative estimate of drug-likeness (QED) is 0.225. The summed E-state index contributed by atoms with van der Waals surface area (Å²) in [6, 6.07) is 31.3. The van der Waals surface area contributed by atoms with Crippen LogP contribution in [0.1, 0.15) is 31.2 Å². The fourth-order valence-electron chi connectivity index (χ4n) is 4.84. The maximum absolute atomic E-state index is 6.15. The molecule has 0 spiro atoms. The maximum atomic E-state index is 6.15. The van der Waals surface area contributed by atoms with E-state index in [-0.39, 0.29) is 5.28 Å². The fraction of sp³-hybridized carbons (Fsp3) is 0.167. The van der Waals surface area contributed by atoms with Crippen LogP contribution in [0.4, 0.5) is 0 Å². The van der Waals surface area contributed by atoms with E-state index in [0.717, 1.165) is 64.4 Å². The van der Waals surface area contributed by atoms with Gasteiger partial charge < -0.3 is 4.57 Å². The molecule has 0 radical (unpaired) electrons. The Kier molecular flexibility index (Phi) is 7.01. The largest absolute Gasteiger partial charge is 0.306 e. The van der Waals surface area contributed by atoms with E-state index in [0.29, 0.717) is 12.4 Å². The van der Waals surface area contributed by atoms with Gasteiger partial charge in [-0.05, 0) is 63.3 Å². The number of rotatable bonds is 9. The van der Waals surface area contributed by atoms with Crippen LogP contribution in [0.15, 0.2) is 91.0 Å². The van der Waals surface area contributed by atoms with Gasteiger partial charge in [0.15, 0.2) is 5.82 Å². The molecule has 8 nitrogen and oxygen atoms in total. The van der Waals surface area contributed by atoms with Crippen molar-refractivity contribution in [3.63, 3.8) is 0 Å². The van der Waals surface area contributed by atoms with Crippen LogP contribution in [-0.4, -0.2) is 40.0 Å². The average molecular weight is 535 g/mol. The first-order chi connectivity index (χ1) is 19.2. The number of H-pyrrole nitrogens is 1. The lowest BCUT2D eigenvalue weighted by atomic mass is 10.0. The smallest absolute Gasteiger partial charge is 0.242 e. The summed E-state index contributed by atoms with van der Waals surface area (Å²) < 4.78 is 4.11. The highest BCUT2D eigenvalue weighted by Crippen LogP contribution is 2.39. The molecule has 3 aromatic carbocycles. The van der Waals surface area contributed by atoms with E-state index in [1.165, 1.54) is 0 Å². The molecule has 0 saturated carbocycles. The highest BCUT2D eigenvalue weighted by atomic mass is 35.5. The molecule has 9 heteroatoms. The number of benzene rings is 3. The third kappa shape index (κ3) is 5.11. The van der Waals surface area contributed by atoms with Crippen LogP contribution in [0.25, 0.3) is 39.6 Å². The number of nitrogens with one attached hydrogen (secondary N) is 1. The highest BCUT2D eigenvalue weighted by Gasteiger charge is 2.22. The Bertz CT molecular complexity index is 1650. The van der Waals surface area contributed by atoms with Gasteiger partial charge >= 0.3 is 0 Å². The second-order valence-corrected chi connectivity index (χ2v) is 9.67. The Morgan fingerprint density at radius 1 is 0.872 bits per heavy atom. The summed E-state index contributed by atoms with van der Waals surface area (Å²) in [7, 11) is 0. The standard InChI is InChI=1S/C30H27ClN8/c1-2-3-14-27-32-30(31)35-38(27)20-21-15-17-24(18-16-21)39-26(23-12-8-5-9-13-23)19-25(22-10-6-4-7-11-22)28(39)29-33-36-37-34-29/h4-13,15-19H,2-3,14,20H2,1H3,(H,33,34,36,37). The van der Waals surface area contributed by atoms with Crippen LogP contribution in [-0.2, 0) is 13.0 Å². The summed E-state index contributed by atoms with van der Waals surface area (Å²) in [6.07, 6.45) is 3.00.